The number of nitrogens with zero attached hydrogens (tertiary/aromatic N) is 2. The quantitative estimate of drug-likeness (QED) is 0.930. The van der Waals surface area contributed by atoms with Crippen LogP contribution in [-0.2, 0) is 4.79 Å². The van der Waals surface area contributed by atoms with Crippen LogP contribution in [-0.4, -0.2) is 53.0 Å². The van der Waals surface area contributed by atoms with Crippen LogP contribution >= 0.6 is 11.3 Å². The maximum Gasteiger partial charge on any atom is 0.219 e. The van der Waals surface area contributed by atoms with Crippen molar-refractivity contribution >= 4 is 17.2 Å². The van der Waals surface area contributed by atoms with Crippen LogP contribution in [0, 0.1) is 5.92 Å². The van der Waals surface area contributed by atoms with Gasteiger partial charge < -0.3 is 14.9 Å². The summed E-state index contributed by atoms with van der Waals surface area (Å²) >= 11 is 1.66. The van der Waals surface area contributed by atoms with Gasteiger partial charge in [0.25, 0.3) is 0 Å². The summed E-state index contributed by atoms with van der Waals surface area (Å²) < 4.78 is 0. The zero-order chi connectivity index (χ0) is 15.5. The molecule has 3 rings (SSSR count). The van der Waals surface area contributed by atoms with Crippen molar-refractivity contribution in [2.45, 2.75) is 44.8 Å². The summed E-state index contributed by atoms with van der Waals surface area (Å²) in [6.07, 6.45) is 4.05. The number of carbonyl (C=O) groups is 1. The second kappa shape index (κ2) is 7.11. The lowest BCUT2D eigenvalue weighted by molar-refractivity contribution is -0.130. The third kappa shape index (κ3) is 3.53. The Kier molecular flexibility index (Phi) is 5.16. The second-order valence-electron chi connectivity index (χ2n) is 6.57. The fourth-order valence-electron chi connectivity index (χ4n) is 3.84. The lowest BCUT2D eigenvalue weighted by Crippen LogP contribution is -2.49. The molecule has 2 saturated heterocycles. The number of thiophene rings is 1. The number of amides is 1. The van der Waals surface area contributed by atoms with Crippen molar-refractivity contribution in [1.82, 2.24) is 9.80 Å². The van der Waals surface area contributed by atoms with E-state index < -0.39 is 0 Å². The topological polar surface area (TPSA) is 43.8 Å². The number of aliphatic hydroxyl groups excluding tert-OH is 1. The van der Waals surface area contributed by atoms with Crippen LogP contribution in [0.25, 0.3) is 0 Å². The second-order valence-corrected chi connectivity index (χ2v) is 7.55. The number of rotatable bonds is 3. The minimum atomic E-state index is -0.290. The standard InChI is InChI=1S/C17H26N2O2S/c1-13(20)18-10-6-15(7-11-18)19-8-4-14(5-9-19)17(21)16-3-2-12-22-16/h2-3,12,14-15,17,21H,4-11H2,1H3/t17-/m1/s1. The first-order chi connectivity index (χ1) is 10.6. The molecule has 22 heavy (non-hydrogen) atoms. The van der Waals surface area contributed by atoms with E-state index in [4.69, 9.17) is 0 Å². The fraction of sp³-hybridized carbons (Fsp3) is 0.706. The van der Waals surface area contributed by atoms with Gasteiger partial charge in [0.2, 0.25) is 5.91 Å². The van der Waals surface area contributed by atoms with E-state index in [9.17, 15) is 9.90 Å². The van der Waals surface area contributed by atoms with Gasteiger partial charge in [-0.05, 0) is 56.1 Å². The molecule has 0 spiro atoms. The average Bonchev–Trinajstić information content (AvgIpc) is 3.09. The minimum absolute atomic E-state index is 0.205. The fourth-order valence-corrected chi connectivity index (χ4v) is 4.64. The summed E-state index contributed by atoms with van der Waals surface area (Å²) in [7, 11) is 0. The third-order valence-electron chi connectivity index (χ3n) is 5.28. The van der Waals surface area contributed by atoms with Crippen molar-refractivity contribution in [3.05, 3.63) is 22.4 Å². The van der Waals surface area contributed by atoms with Crippen LogP contribution < -0.4 is 0 Å². The maximum atomic E-state index is 11.4. The van der Waals surface area contributed by atoms with Crippen LogP contribution in [0.3, 0.4) is 0 Å². The van der Waals surface area contributed by atoms with E-state index in [1.54, 1.807) is 18.3 Å². The van der Waals surface area contributed by atoms with E-state index in [2.05, 4.69) is 4.90 Å². The molecule has 5 heteroatoms. The molecule has 0 unspecified atom stereocenters. The molecule has 0 saturated carbocycles. The van der Waals surface area contributed by atoms with Crippen LogP contribution in [0.2, 0.25) is 0 Å². The monoisotopic (exact) mass is 322 g/mol. The van der Waals surface area contributed by atoms with E-state index in [0.717, 1.165) is 56.7 Å². The van der Waals surface area contributed by atoms with Gasteiger partial charge in [-0.25, -0.2) is 0 Å². The van der Waals surface area contributed by atoms with Crippen LogP contribution in [0.15, 0.2) is 17.5 Å². The minimum Gasteiger partial charge on any atom is -0.387 e. The van der Waals surface area contributed by atoms with Gasteiger partial charge in [-0.15, -0.1) is 11.3 Å². The first kappa shape index (κ1) is 16.0. The Hall–Kier alpha value is -0.910. The molecule has 1 atom stereocenters. The SMILES string of the molecule is CC(=O)N1CCC(N2CCC([C@@H](O)c3cccs3)CC2)CC1. The Morgan fingerprint density at radius 1 is 1.23 bits per heavy atom. The van der Waals surface area contributed by atoms with Crippen molar-refractivity contribution in [1.29, 1.82) is 0 Å². The first-order valence-corrected chi connectivity index (χ1v) is 9.24. The average molecular weight is 322 g/mol. The molecule has 0 aromatic carbocycles. The van der Waals surface area contributed by atoms with Gasteiger partial charge in [0.15, 0.2) is 0 Å². The van der Waals surface area contributed by atoms with Crippen molar-refractivity contribution in [2.24, 2.45) is 5.92 Å². The number of hydrogen-bond acceptors (Lipinski definition) is 4. The van der Waals surface area contributed by atoms with Gasteiger partial charge in [-0.3, -0.25) is 4.79 Å². The van der Waals surface area contributed by atoms with Gasteiger partial charge in [-0.2, -0.15) is 0 Å². The highest BCUT2D eigenvalue weighted by Gasteiger charge is 2.31. The molecule has 0 radical (unpaired) electrons. The molecule has 4 nitrogen and oxygen atoms in total. The number of aliphatic hydroxyl groups is 1. The summed E-state index contributed by atoms with van der Waals surface area (Å²) in [5.74, 6) is 0.600. The lowest BCUT2D eigenvalue weighted by Gasteiger charge is -2.42. The summed E-state index contributed by atoms with van der Waals surface area (Å²) in [6, 6.07) is 4.68. The number of likely N-dealkylation sites (tertiary alicyclic amines) is 2. The highest BCUT2D eigenvalue weighted by molar-refractivity contribution is 7.10. The Bertz CT molecular complexity index is 475. The maximum absolute atomic E-state index is 11.4. The van der Waals surface area contributed by atoms with Gasteiger partial charge in [0.1, 0.15) is 0 Å². The molecule has 2 aliphatic heterocycles. The largest absolute Gasteiger partial charge is 0.387 e. The van der Waals surface area contributed by atoms with E-state index >= 15 is 0 Å². The lowest BCUT2D eigenvalue weighted by atomic mass is 9.89. The highest BCUT2D eigenvalue weighted by Crippen LogP contribution is 2.34. The van der Waals surface area contributed by atoms with Crippen molar-refractivity contribution < 1.29 is 9.90 Å². The predicted molar refractivity (Wildman–Crippen MR) is 88.9 cm³/mol. The zero-order valence-electron chi connectivity index (χ0n) is 13.3. The first-order valence-electron chi connectivity index (χ1n) is 8.36. The van der Waals surface area contributed by atoms with Gasteiger partial charge in [0, 0.05) is 30.9 Å². The molecule has 2 aliphatic rings. The molecule has 2 fully saturated rings. The van der Waals surface area contributed by atoms with E-state index in [-0.39, 0.29) is 12.0 Å². The molecular formula is C17H26N2O2S. The Balaban J connectivity index is 1.47. The van der Waals surface area contributed by atoms with E-state index in [1.165, 1.54) is 0 Å². The molecule has 0 aliphatic carbocycles. The smallest absolute Gasteiger partial charge is 0.219 e. The molecule has 122 valence electrons. The Morgan fingerprint density at radius 3 is 2.45 bits per heavy atom. The molecule has 1 amide bonds. The zero-order valence-corrected chi connectivity index (χ0v) is 14.1. The van der Waals surface area contributed by atoms with Crippen molar-refractivity contribution in [3.63, 3.8) is 0 Å². The molecule has 1 N–H and O–H groups in total. The summed E-state index contributed by atoms with van der Waals surface area (Å²) in [6.45, 7) is 5.63. The van der Waals surface area contributed by atoms with Gasteiger partial charge in [-0.1, -0.05) is 6.07 Å². The molecule has 0 bridgehead atoms. The van der Waals surface area contributed by atoms with Crippen molar-refractivity contribution in [2.75, 3.05) is 26.2 Å². The summed E-state index contributed by atoms with van der Waals surface area (Å²) in [4.78, 5) is 17.0. The number of carbonyl (C=O) groups excluding carboxylic acids is 1. The van der Waals surface area contributed by atoms with Crippen LogP contribution in [0.4, 0.5) is 0 Å². The molecule has 1 aromatic heterocycles. The molecule has 1 aromatic rings. The summed E-state index contributed by atoms with van der Waals surface area (Å²) in [5, 5.41) is 12.5. The van der Waals surface area contributed by atoms with Gasteiger partial charge >= 0.3 is 0 Å². The van der Waals surface area contributed by atoms with E-state index in [1.807, 2.05) is 22.4 Å². The molecule has 3 heterocycles. The number of hydrogen-bond donors (Lipinski definition) is 1. The highest BCUT2D eigenvalue weighted by atomic mass is 32.1. The Labute approximate surface area is 136 Å². The van der Waals surface area contributed by atoms with E-state index in [0.29, 0.717) is 12.0 Å². The summed E-state index contributed by atoms with van der Waals surface area (Å²) in [5.41, 5.74) is 0. The van der Waals surface area contributed by atoms with Crippen molar-refractivity contribution in [3.8, 4) is 0 Å². The Morgan fingerprint density at radius 2 is 1.91 bits per heavy atom. The normalized spacial score (nSPS) is 23.6. The van der Waals surface area contributed by atoms with Crippen LogP contribution in [0.1, 0.15) is 43.6 Å². The third-order valence-corrected chi connectivity index (χ3v) is 6.22. The van der Waals surface area contributed by atoms with Gasteiger partial charge in [0.05, 0.1) is 6.10 Å². The van der Waals surface area contributed by atoms with Crippen LogP contribution in [0.5, 0.6) is 0 Å². The molecular weight excluding hydrogens is 296 g/mol. The predicted octanol–water partition coefficient (Wildman–Crippen LogP) is 2.50. The number of piperidine rings is 2.